The number of aromatic amines is 2. The van der Waals surface area contributed by atoms with E-state index in [0.717, 1.165) is 72.8 Å². The highest BCUT2D eigenvalue weighted by molar-refractivity contribution is 5.98. The average Bonchev–Trinajstić information content (AvgIpc) is 3.37. The molecule has 0 radical (unpaired) electrons. The van der Waals surface area contributed by atoms with E-state index >= 15 is 0 Å². The topological polar surface area (TPSA) is 104 Å². The number of nitrogens with zero attached hydrogens (tertiary/aromatic N) is 1. The van der Waals surface area contributed by atoms with Crippen LogP contribution in [0.25, 0.3) is 21.8 Å². The van der Waals surface area contributed by atoms with Gasteiger partial charge in [-0.15, -0.1) is 0 Å². The fourth-order valence-corrected chi connectivity index (χ4v) is 4.95. The molecule has 6 N–H and O–H groups in total. The monoisotopic (exact) mass is 415 g/mol. The number of carbonyl (C=O) groups excluding carboxylic acids is 1. The first-order valence-corrected chi connectivity index (χ1v) is 11.1. The number of nitrogen functional groups attached to an aromatic ring is 1. The van der Waals surface area contributed by atoms with Crippen LogP contribution in [-0.2, 0) is 6.42 Å². The zero-order valence-electron chi connectivity index (χ0n) is 17.7. The van der Waals surface area contributed by atoms with Crippen LogP contribution >= 0.6 is 0 Å². The van der Waals surface area contributed by atoms with Gasteiger partial charge < -0.3 is 26.3 Å². The minimum Gasteiger partial charge on any atom is -0.397 e. The minimum absolute atomic E-state index is 0.373. The molecule has 1 aliphatic heterocycles. The minimum atomic E-state index is -0.373. The number of likely N-dealkylation sites (tertiary alicyclic amines) is 1. The highest BCUT2D eigenvalue weighted by Gasteiger charge is 2.23. The maximum atomic E-state index is 11.6. The Morgan fingerprint density at radius 1 is 1.00 bits per heavy atom. The normalized spacial score (nSPS) is 15.7. The van der Waals surface area contributed by atoms with Crippen molar-refractivity contribution in [2.45, 2.75) is 31.6 Å². The van der Waals surface area contributed by atoms with E-state index in [1.807, 2.05) is 18.3 Å². The van der Waals surface area contributed by atoms with E-state index < -0.39 is 0 Å². The number of nitrogens with one attached hydrogen (secondary N) is 2. The predicted octanol–water partition coefficient (Wildman–Crippen LogP) is 4.14. The van der Waals surface area contributed by atoms with E-state index in [4.69, 9.17) is 11.5 Å². The summed E-state index contributed by atoms with van der Waals surface area (Å²) in [6, 6.07) is 12.2. The fraction of sp³-hybridized carbons (Fsp3) is 0.320. The van der Waals surface area contributed by atoms with E-state index in [-0.39, 0.29) is 5.91 Å². The van der Waals surface area contributed by atoms with Crippen LogP contribution in [0.15, 0.2) is 48.8 Å². The number of anilines is 1. The number of nitrogens with two attached hydrogens (primary N) is 2. The van der Waals surface area contributed by atoms with Crippen LogP contribution in [0.4, 0.5) is 5.69 Å². The van der Waals surface area contributed by atoms with Crippen LogP contribution in [0.1, 0.15) is 46.7 Å². The quantitative estimate of drug-likeness (QED) is 0.380. The van der Waals surface area contributed by atoms with Crippen LogP contribution in [0, 0.1) is 0 Å². The smallest absolute Gasteiger partial charge is 0.248 e. The van der Waals surface area contributed by atoms with E-state index in [1.165, 1.54) is 11.1 Å². The van der Waals surface area contributed by atoms with Gasteiger partial charge in [0.2, 0.25) is 5.91 Å². The van der Waals surface area contributed by atoms with Gasteiger partial charge in [0.15, 0.2) is 0 Å². The molecule has 1 aliphatic rings. The van der Waals surface area contributed by atoms with Gasteiger partial charge in [-0.3, -0.25) is 4.79 Å². The lowest BCUT2D eigenvalue weighted by molar-refractivity contribution is 0.100. The Hall–Kier alpha value is -3.25. The molecule has 6 nitrogen and oxygen atoms in total. The van der Waals surface area contributed by atoms with E-state index in [2.05, 4.69) is 39.3 Å². The number of fused-ring (bicyclic) bond motifs is 2. The molecule has 0 aliphatic carbocycles. The summed E-state index contributed by atoms with van der Waals surface area (Å²) >= 11 is 0. The number of aryl methyl sites for hydroxylation is 1. The first-order valence-electron chi connectivity index (χ1n) is 11.1. The van der Waals surface area contributed by atoms with Crippen molar-refractivity contribution in [2.75, 3.05) is 25.4 Å². The molecule has 0 bridgehead atoms. The molecule has 0 saturated carbocycles. The summed E-state index contributed by atoms with van der Waals surface area (Å²) in [5, 5.41) is 2.26. The number of rotatable bonds is 6. The molecule has 2 aromatic heterocycles. The first kappa shape index (κ1) is 19.7. The molecular weight excluding hydrogens is 386 g/mol. The molecule has 0 spiro atoms. The van der Waals surface area contributed by atoms with Crippen molar-refractivity contribution in [2.24, 2.45) is 5.73 Å². The third kappa shape index (κ3) is 3.91. The van der Waals surface area contributed by atoms with Crippen LogP contribution in [0.2, 0.25) is 0 Å². The molecule has 6 heteroatoms. The largest absolute Gasteiger partial charge is 0.397 e. The van der Waals surface area contributed by atoms with Crippen LogP contribution in [0.5, 0.6) is 0 Å². The lowest BCUT2D eigenvalue weighted by Gasteiger charge is -2.32. The average molecular weight is 416 g/mol. The molecule has 0 atom stereocenters. The number of H-pyrrole nitrogens is 2. The lowest BCUT2D eigenvalue weighted by atomic mass is 9.88. The molecule has 0 unspecified atom stereocenters. The Morgan fingerprint density at radius 2 is 1.74 bits per heavy atom. The molecule has 31 heavy (non-hydrogen) atoms. The van der Waals surface area contributed by atoms with Gasteiger partial charge in [-0.25, -0.2) is 0 Å². The number of carbonyl (C=O) groups is 1. The number of benzene rings is 2. The summed E-state index contributed by atoms with van der Waals surface area (Å²) in [5.74, 6) is 0.148. The Morgan fingerprint density at radius 3 is 2.55 bits per heavy atom. The van der Waals surface area contributed by atoms with Gasteiger partial charge in [-0.1, -0.05) is 6.07 Å². The number of primary amides is 1. The molecular formula is C25H29N5O. The second kappa shape index (κ2) is 8.12. The number of hydrogen-bond donors (Lipinski definition) is 4. The second-order valence-corrected chi connectivity index (χ2v) is 8.71. The number of piperidine rings is 1. The van der Waals surface area contributed by atoms with Crippen molar-refractivity contribution in [3.05, 3.63) is 65.5 Å². The van der Waals surface area contributed by atoms with Crippen molar-refractivity contribution in [3.63, 3.8) is 0 Å². The van der Waals surface area contributed by atoms with Gasteiger partial charge in [0.05, 0.1) is 5.69 Å². The van der Waals surface area contributed by atoms with Gasteiger partial charge in [-0.2, -0.15) is 0 Å². The van der Waals surface area contributed by atoms with E-state index in [0.29, 0.717) is 11.5 Å². The Bertz CT molecular complexity index is 1230. The molecule has 2 aromatic carbocycles. The van der Waals surface area contributed by atoms with Crippen molar-refractivity contribution in [1.82, 2.24) is 14.9 Å². The van der Waals surface area contributed by atoms with Crippen molar-refractivity contribution in [3.8, 4) is 0 Å². The van der Waals surface area contributed by atoms with Gasteiger partial charge in [0, 0.05) is 39.8 Å². The fourth-order valence-electron chi connectivity index (χ4n) is 4.95. The predicted molar refractivity (Wildman–Crippen MR) is 126 cm³/mol. The van der Waals surface area contributed by atoms with Crippen LogP contribution in [0.3, 0.4) is 0 Å². The summed E-state index contributed by atoms with van der Waals surface area (Å²) in [5.41, 5.74) is 17.7. The van der Waals surface area contributed by atoms with Crippen molar-refractivity contribution < 1.29 is 4.79 Å². The Kier molecular flexibility index (Phi) is 5.16. The van der Waals surface area contributed by atoms with Crippen LogP contribution in [-0.4, -0.2) is 40.4 Å². The molecule has 3 heterocycles. The SMILES string of the molecule is NC(=O)c1ccc2[nH]cc(C3CCN(CCCc4ccc5[nH]cc(N)c5c4)CC3)c2c1. The lowest BCUT2D eigenvalue weighted by Crippen LogP contribution is -2.33. The number of amides is 1. The zero-order chi connectivity index (χ0) is 21.4. The second-order valence-electron chi connectivity index (χ2n) is 8.71. The summed E-state index contributed by atoms with van der Waals surface area (Å²) < 4.78 is 0. The number of hydrogen-bond acceptors (Lipinski definition) is 3. The summed E-state index contributed by atoms with van der Waals surface area (Å²) in [7, 11) is 0. The molecule has 1 saturated heterocycles. The summed E-state index contributed by atoms with van der Waals surface area (Å²) in [4.78, 5) is 20.7. The van der Waals surface area contributed by atoms with Gasteiger partial charge in [0.25, 0.3) is 0 Å². The highest BCUT2D eigenvalue weighted by Crippen LogP contribution is 2.33. The van der Waals surface area contributed by atoms with Crippen molar-refractivity contribution in [1.29, 1.82) is 0 Å². The summed E-state index contributed by atoms with van der Waals surface area (Å²) in [6.45, 7) is 3.33. The Labute approximate surface area is 181 Å². The molecule has 4 aromatic rings. The maximum absolute atomic E-state index is 11.6. The molecule has 1 fully saturated rings. The third-order valence-electron chi connectivity index (χ3n) is 6.74. The molecule has 5 rings (SSSR count). The first-order chi connectivity index (χ1) is 15.1. The highest BCUT2D eigenvalue weighted by atomic mass is 16.1. The molecule has 160 valence electrons. The summed E-state index contributed by atoms with van der Waals surface area (Å²) in [6.07, 6.45) is 8.47. The third-order valence-corrected chi connectivity index (χ3v) is 6.74. The maximum Gasteiger partial charge on any atom is 0.248 e. The zero-order valence-corrected chi connectivity index (χ0v) is 17.7. The van der Waals surface area contributed by atoms with E-state index in [1.54, 1.807) is 6.07 Å². The van der Waals surface area contributed by atoms with Gasteiger partial charge >= 0.3 is 0 Å². The van der Waals surface area contributed by atoms with Gasteiger partial charge in [-0.05, 0) is 92.7 Å². The van der Waals surface area contributed by atoms with E-state index in [9.17, 15) is 4.79 Å². The molecule has 1 amide bonds. The van der Waals surface area contributed by atoms with Crippen LogP contribution < -0.4 is 11.5 Å². The number of aromatic nitrogens is 2. The van der Waals surface area contributed by atoms with Gasteiger partial charge in [0.1, 0.15) is 0 Å². The standard InChI is InChI=1S/C25H29N5O/c26-22-15-29-24-5-3-16(12-20(22)24)2-1-9-30-10-7-17(8-11-30)21-14-28-23-6-4-18(25(27)31)13-19(21)23/h3-6,12-15,17,28-29H,1-2,7-11,26H2,(H2,27,31). The van der Waals surface area contributed by atoms with Crippen molar-refractivity contribution >= 4 is 33.4 Å². The Balaban J connectivity index is 1.17.